The van der Waals surface area contributed by atoms with Crippen molar-refractivity contribution in [3.63, 3.8) is 0 Å². The van der Waals surface area contributed by atoms with Gasteiger partial charge in [0.25, 0.3) is 0 Å². The van der Waals surface area contributed by atoms with E-state index in [1.165, 1.54) is 16.4 Å². The standard InChI is InChI=1S/C26H22Cl2N2O3S/c1-19-5-7-20(8-6-19)17-30(34(31,32)26-13-9-21(27)10-14-26)18-25-12-11-24(33-25)16-29-23-4-2-3-22(28)15-23/h2-16H,17-18H2,1H3. The number of aryl methyl sites for hydroxylation is 1. The van der Waals surface area contributed by atoms with Crippen LogP contribution in [0, 0.1) is 6.92 Å². The summed E-state index contributed by atoms with van der Waals surface area (Å²) in [6, 6.07) is 24.6. The fourth-order valence-corrected chi connectivity index (χ4v) is 5.00. The third kappa shape index (κ3) is 6.15. The molecule has 0 aliphatic heterocycles. The van der Waals surface area contributed by atoms with E-state index in [1.54, 1.807) is 42.6 Å². The minimum absolute atomic E-state index is 0.0594. The van der Waals surface area contributed by atoms with Crippen LogP contribution in [0.2, 0.25) is 10.0 Å². The molecule has 0 fully saturated rings. The number of nitrogens with zero attached hydrogens (tertiary/aromatic N) is 2. The Balaban J connectivity index is 1.59. The van der Waals surface area contributed by atoms with E-state index in [1.807, 2.05) is 43.3 Å². The molecule has 0 saturated heterocycles. The summed E-state index contributed by atoms with van der Waals surface area (Å²) in [6.45, 7) is 2.24. The largest absolute Gasteiger partial charge is 0.459 e. The average Bonchev–Trinajstić information content (AvgIpc) is 3.26. The van der Waals surface area contributed by atoms with Gasteiger partial charge < -0.3 is 4.42 Å². The molecule has 1 heterocycles. The zero-order valence-corrected chi connectivity index (χ0v) is 20.7. The van der Waals surface area contributed by atoms with Crippen molar-refractivity contribution in [2.75, 3.05) is 0 Å². The van der Waals surface area contributed by atoms with E-state index in [9.17, 15) is 8.42 Å². The first-order chi connectivity index (χ1) is 16.3. The molecule has 174 valence electrons. The Hall–Kier alpha value is -2.90. The molecule has 1 aromatic heterocycles. The first-order valence-electron chi connectivity index (χ1n) is 10.5. The van der Waals surface area contributed by atoms with E-state index in [0.29, 0.717) is 27.3 Å². The maximum absolute atomic E-state index is 13.5. The van der Waals surface area contributed by atoms with Crippen LogP contribution in [0.5, 0.6) is 0 Å². The van der Waals surface area contributed by atoms with E-state index in [-0.39, 0.29) is 18.0 Å². The fraction of sp³-hybridized carbons (Fsp3) is 0.115. The summed E-state index contributed by atoms with van der Waals surface area (Å²) in [5, 5.41) is 1.06. The lowest BCUT2D eigenvalue weighted by atomic mass is 10.1. The molecule has 3 aromatic carbocycles. The quantitative estimate of drug-likeness (QED) is 0.238. The highest BCUT2D eigenvalue weighted by Gasteiger charge is 2.26. The summed E-state index contributed by atoms with van der Waals surface area (Å²) < 4.78 is 34.2. The second-order valence-corrected chi connectivity index (χ2v) is 10.6. The van der Waals surface area contributed by atoms with Crippen molar-refractivity contribution in [3.8, 4) is 0 Å². The summed E-state index contributed by atoms with van der Waals surface area (Å²) >= 11 is 12.0. The molecule has 0 aliphatic rings. The summed E-state index contributed by atoms with van der Waals surface area (Å²) in [5.74, 6) is 1.01. The molecule has 0 atom stereocenters. The zero-order chi connectivity index (χ0) is 24.1. The SMILES string of the molecule is Cc1ccc(CN(Cc2ccc(C=Nc3cccc(Cl)c3)o2)S(=O)(=O)c2ccc(Cl)cc2)cc1. The molecular formula is C26H22Cl2N2O3S. The van der Waals surface area contributed by atoms with Crippen molar-refractivity contribution in [3.05, 3.63) is 118 Å². The fourth-order valence-electron chi connectivity index (χ4n) is 3.30. The van der Waals surface area contributed by atoms with E-state index < -0.39 is 10.0 Å². The number of halogens is 2. The third-order valence-corrected chi connectivity index (χ3v) is 7.39. The van der Waals surface area contributed by atoms with Crippen molar-refractivity contribution < 1.29 is 12.8 Å². The molecule has 0 N–H and O–H groups in total. The summed E-state index contributed by atoms with van der Waals surface area (Å²) in [7, 11) is -3.81. The average molecular weight is 513 g/mol. The highest BCUT2D eigenvalue weighted by molar-refractivity contribution is 7.89. The summed E-state index contributed by atoms with van der Waals surface area (Å²) in [5.41, 5.74) is 2.67. The minimum atomic E-state index is -3.81. The van der Waals surface area contributed by atoms with Gasteiger partial charge >= 0.3 is 0 Å². The Morgan fingerprint density at radius 1 is 0.882 bits per heavy atom. The van der Waals surface area contributed by atoms with Gasteiger partial charge in [0.15, 0.2) is 0 Å². The van der Waals surface area contributed by atoms with Gasteiger partial charge in [-0.15, -0.1) is 0 Å². The van der Waals surface area contributed by atoms with Crippen LogP contribution in [0.3, 0.4) is 0 Å². The van der Waals surface area contributed by atoms with E-state index in [4.69, 9.17) is 27.6 Å². The normalized spacial score (nSPS) is 12.0. The van der Waals surface area contributed by atoms with E-state index in [2.05, 4.69) is 4.99 Å². The molecule has 0 unspecified atom stereocenters. The molecule has 5 nitrogen and oxygen atoms in total. The number of benzene rings is 3. The molecule has 4 aromatic rings. The van der Waals surface area contributed by atoms with Crippen LogP contribution in [0.4, 0.5) is 5.69 Å². The highest BCUT2D eigenvalue weighted by Crippen LogP contribution is 2.24. The number of hydrogen-bond donors (Lipinski definition) is 0. The molecule has 0 amide bonds. The predicted molar refractivity (Wildman–Crippen MR) is 136 cm³/mol. The van der Waals surface area contributed by atoms with Crippen LogP contribution >= 0.6 is 23.2 Å². The van der Waals surface area contributed by atoms with Crippen LogP contribution < -0.4 is 0 Å². The Labute approximate surface area is 209 Å². The molecule has 34 heavy (non-hydrogen) atoms. The molecule has 0 aliphatic carbocycles. The van der Waals surface area contributed by atoms with Crippen LogP contribution in [0.15, 0.2) is 99.2 Å². The van der Waals surface area contributed by atoms with Crippen molar-refractivity contribution in [2.45, 2.75) is 24.9 Å². The topological polar surface area (TPSA) is 62.9 Å². The smallest absolute Gasteiger partial charge is 0.243 e. The molecule has 0 spiro atoms. The van der Waals surface area contributed by atoms with E-state index in [0.717, 1.165) is 11.1 Å². The van der Waals surface area contributed by atoms with Crippen molar-refractivity contribution in [1.82, 2.24) is 4.31 Å². The number of rotatable bonds is 8. The first kappa shape index (κ1) is 24.2. The molecule has 0 saturated carbocycles. The number of aliphatic imine (C=N–C) groups is 1. The minimum Gasteiger partial charge on any atom is -0.459 e. The molecule has 0 bridgehead atoms. The lowest BCUT2D eigenvalue weighted by Crippen LogP contribution is -2.30. The van der Waals surface area contributed by atoms with Gasteiger partial charge in [0.1, 0.15) is 11.5 Å². The Bertz CT molecular complexity index is 1400. The molecule has 4 rings (SSSR count). The zero-order valence-electron chi connectivity index (χ0n) is 18.4. The van der Waals surface area contributed by atoms with Crippen LogP contribution in [0.1, 0.15) is 22.6 Å². The Kier molecular flexibility index (Phi) is 7.54. The lowest BCUT2D eigenvalue weighted by molar-refractivity contribution is 0.357. The van der Waals surface area contributed by atoms with Crippen LogP contribution in [-0.2, 0) is 23.1 Å². The van der Waals surface area contributed by atoms with Crippen LogP contribution in [0.25, 0.3) is 0 Å². The second kappa shape index (κ2) is 10.6. The van der Waals surface area contributed by atoms with Crippen molar-refractivity contribution in [1.29, 1.82) is 0 Å². The van der Waals surface area contributed by atoms with Gasteiger partial charge in [-0.3, -0.25) is 4.99 Å². The van der Waals surface area contributed by atoms with Crippen molar-refractivity contribution in [2.24, 2.45) is 4.99 Å². The van der Waals surface area contributed by atoms with E-state index >= 15 is 0 Å². The molecule has 0 radical (unpaired) electrons. The Morgan fingerprint density at radius 3 is 2.32 bits per heavy atom. The van der Waals surface area contributed by atoms with Gasteiger partial charge in [0.2, 0.25) is 10.0 Å². The van der Waals surface area contributed by atoms with Gasteiger partial charge in [0, 0.05) is 16.6 Å². The van der Waals surface area contributed by atoms with Gasteiger partial charge in [0.05, 0.1) is 23.3 Å². The monoisotopic (exact) mass is 512 g/mol. The van der Waals surface area contributed by atoms with Gasteiger partial charge in [-0.25, -0.2) is 8.42 Å². The van der Waals surface area contributed by atoms with Crippen molar-refractivity contribution >= 4 is 45.1 Å². The maximum Gasteiger partial charge on any atom is 0.243 e. The summed E-state index contributed by atoms with van der Waals surface area (Å²) in [4.78, 5) is 4.53. The van der Waals surface area contributed by atoms with Crippen LogP contribution in [-0.4, -0.2) is 18.9 Å². The maximum atomic E-state index is 13.5. The molecule has 8 heteroatoms. The van der Waals surface area contributed by atoms with Gasteiger partial charge in [-0.05, 0) is 67.1 Å². The van der Waals surface area contributed by atoms with Gasteiger partial charge in [-0.1, -0.05) is 59.1 Å². The summed E-state index contributed by atoms with van der Waals surface area (Å²) in [6.07, 6.45) is 1.58. The van der Waals surface area contributed by atoms with Gasteiger partial charge in [-0.2, -0.15) is 4.31 Å². The second-order valence-electron chi connectivity index (χ2n) is 7.75. The first-order valence-corrected chi connectivity index (χ1v) is 12.7. The number of hydrogen-bond acceptors (Lipinski definition) is 4. The number of furan rings is 1. The molecular weight excluding hydrogens is 491 g/mol. The predicted octanol–water partition coefficient (Wildman–Crippen LogP) is 7.04. The lowest BCUT2D eigenvalue weighted by Gasteiger charge is -2.21. The number of sulfonamides is 1. The Morgan fingerprint density at radius 2 is 1.62 bits per heavy atom. The highest BCUT2D eigenvalue weighted by atomic mass is 35.5. The third-order valence-electron chi connectivity index (χ3n) is 5.09.